The summed E-state index contributed by atoms with van der Waals surface area (Å²) in [6.07, 6.45) is 5.93. The van der Waals surface area contributed by atoms with Crippen LogP contribution >= 0.6 is 0 Å². The first-order valence-corrected chi connectivity index (χ1v) is 8.51. The predicted molar refractivity (Wildman–Crippen MR) is 91.5 cm³/mol. The van der Waals surface area contributed by atoms with E-state index in [0.29, 0.717) is 5.75 Å². The highest BCUT2D eigenvalue weighted by atomic mass is 16.6. The van der Waals surface area contributed by atoms with Crippen molar-refractivity contribution in [2.45, 2.75) is 45.1 Å². The van der Waals surface area contributed by atoms with E-state index >= 15 is 0 Å². The van der Waals surface area contributed by atoms with Gasteiger partial charge in [-0.05, 0) is 44.7 Å². The molecule has 0 bridgehead atoms. The highest BCUT2D eigenvalue weighted by Crippen LogP contribution is 2.28. The molecule has 1 atom stereocenters. The van der Waals surface area contributed by atoms with Gasteiger partial charge in [-0.15, -0.1) is 0 Å². The summed E-state index contributed by atoms with van der Waals surface area (Å²) in [5, 5.41) is 13.9. The van der Waals surface area contributed by atoms with Crippen LogP contribution in [0.4, 0.5) is 11.4 Å². The Morgan fingerprint density at radius 2 is 1.88 bits per heavy atom. The fourth-order valence-electron chi connectivity index (χ4n) is 3.11. The van der Waals surface area contributed by atoms with Crippen molar-refractivity contribution >= 4 is 17.3 Å². The predicted octanol–water partition coefficient (Wildman–Crippen LogP) is 1.78. The molecule has 0 radical (unpaired) electrons. The zero-order valence-corrected chi connectivity index (χ0v) is 14.3. The molecule has 1 aromatic rings. The Labute approximate surface area is 142 Å². The second-order valence-corrected chi connectivity index (χ2v) is 6.28. The van der Waals surface area contributed by atoms with Gasteiger partial charge in [-0.3, -0.25) is 14.9 Å². The molecule has 2 N–H and O–H groups in total. The minimum absolute atomic E-state index is 0.155. The van der Waals surface area contributed by atoms with E-state index in [9.17, 15) is 14.9 Å². The number of nitro groups is 1. The molecule has 0 saturated carbocycles. The van der Waals surface area contributed by atoms with Gasteiger partial charge in [0.05, 0.1) is 31.2 Å². The van der Waals surface area contributed by atoms with Gasteiger partial charge in [0.1, 0.15) is 11.4 Å². The summed E-state index contributed by atoms with van der Waals surface area (Å²) in [7, 11) is 1.45. The molecule has 7 nitrogen and oxygen atoms in total. The first-order chi connectivity index (χ1) is 11.5. The number of likely N-dealkylation sites (tertiary alicyclic amines) is 1. The van der Waals surface area contributed by atoms with Crippen LogP contribution in [0, 0.1) is 10.1 Å². The van der Waals surface area contributed by atoms with Gasteiger partial charge in [0.15, 0.2) is 6.04 Å². The van der Waals surface area contributed by atoms with Gasteiger partial charge in [0.2, 0.25) is 0 Å². The van der Waals surface area contributed by atoms with Crippen molar-refractivity contribution in [1.82, 2.24) is 0 Å². The maximum absolute atomic E-state index is 12.6. The molecule has 1 aromatic carbocycles. The summed E-state index contributed by atoms with van der Waals surface area (Å²) in [5.41, 5.74) is 0.0571. The third kappa shape index (κ3) is 4.67. The van der Waals surface area contributed by atoms with E-state index in [1.807, 2.05) is 6.92 Å². The number of carbonyl (C=O) groups is 1. The molecule has 0 unspecified atom stereocenters. The lowest BCUT2D eigenvalue weighted by Gasteiger charge is -2.26. The third-order valence-electron chi connectivity index (χ3n) is 4.66. The lowest BCUT2D eigenvalue weighted by Crippen LogP contribution is -3.16. The largest absolute Gasteiger partial charge is 0.496 e. The standard InChI is InChI=1S/C17H25N3O4/c1-13(19-10-6-4-3-5-7-11-19)17(21)18-15-9-8-14(24-2)12-16(15)20(22)23/h8-9,12-13H,3-7,10-11H2,1-2H3,(H,18,21)/p+1/t13-/m0/s1. The number of rotatable bonds is 5. The Kier molecular flexibility index (Phi) is 6.54. The van der Waals surface area contributed by atoms with Gasteiger partial charge in [-0.25, -0.2) is 0 Å². The van der Waals surface area contributed by atoms with Crippen molar-refractivity contribution in [1.29, 1.82) is 0 Å². The number of anilines is 1. The minimum Gasteiger partial charge on any atom is -0.496 e. The molecule has 0 spiro atoms. The van der Waals surface area contributed by atoms with Crippen molar-refractivity contribution in [2.75, 3.05) is 25.5 Å². The van der Waals surface area contributed by atoms with Gasteiger partial charge >= 0.3 is 0 Å². The van der Waals surface area contributed by atoms with Gasteiger partial charge < -0.3 is 15.0 Å². The number of amides is 1. The molecule has 0 aromatic heterocycles. The average Bonchev–Trinajstić information content (AvgIpc) is 2.54. The minimum atomic E-state index is -0.508. The third-order valence-corrected chi connectivity index (χ3v) is 4.66. The number of nitrogens with one attached hydrogen (secondary N) is 2. The molecular formula is C17H26N3O4+. The first kappa shape index (κ1) is 18.2. The number of ether oxygens (including phenoxy) is 1. The molecular weight excluding hydrogens is 310 g/mol. The van der Waals surface area contributed by atoms with Crippen LogP contribution in [-0.2, 0) is 4.79 Å². The number of carbonyl (C=O) groups excluding carboxylic acids is 1. The number of benzene rings is 1. The Morgan fingerprint density at radius 1 is 1.25 bits per heavy atom. The normalized spacial score (nSPS) is 17.4. The van der Waals surface area contributed by atoms with E-state index in [4.69, 9.17) is 4.74 Å². The Balaban J connectivity index is 2.08. The van der Waals surface area contributed by atoms with Crippen LogP contribution in [0.3, 0.4) is 0 Å². The summed E-state index contributed by atoms with van der Waals surface area (Å²) >= 11 is 0. The number of hydrogen-bond donors (Lipinski definition) is 2. The van der Waals surface area contributed by atoms with Crippen molar-refractivity contribution in [3.63, 3.8) is 0 Å². The van der Waals surface area contributed by atoms with Crippen LogP contribution in [0.15, 0.2) is 18.2 Å². The van der Waals surface area contributed by atoms with E-state index in [1.54, 1.807) is 6.07 Å². The van der Waals surface area contributed by atoms with Crippen LogP contribution in [0.5, 0.6) is 5.75 Å². The van der Waals surface area contributed by atoms with E-state index in [1.165, 1.54) is 43.4 Å². The van der Waals surface area contributed by atoms with E-state index in [0.717, 1.165) is 25.9 Å². The average molecular weight is 336 g/mol. The number of nitrogens with zero attached hydrogens (tertiary/aromatic N) is 1. The molecule has 0 aliphatic carbocycles. The molecule has 1 saturated heterocycles. The van der Waals surface area contributed by atoms with Crippen molar-refractivity contribution in [2.24, 2.45) is 0 Å². The molecule has 1 fully saturated rings. The molecule has 7 heteroatoms. The highest BCUT2D eigenvalue weighted by Gasteiger charge is 2.27. The fraction of sp³-hybridized carbons (Fsp3) is 0.588. The quantitative estimate of drug-likeness (QED) is 0.634. The Hall–Kier alpha value is -2.15. The van der Waals surface area contributed by atoms with Crippen molar-refractivity contribution < 1.29 is 19.4 Å². The van der Waals surface area contributed by atoms with Crippen LogP contribution in [-0.4, -0.2) is 37.1 Å². The molecule has 1 amide bonds. The van der Waals surface area contributed by atoms with E-state index < -0.39 is 4.92 Å². The van der Waals surface area contributed by atoms with Crippen LogP contribution in [0.25, 0.3) is 0 Å². The Bertz CT molecular complexity index is 583. The van der Waals surface area contributed by atoms with Crippen LogP contribution in [0.2, 0.25) is 0 Å². The summed E-state index contributed by atoms with van der Waals surface area (Å²) in [6, 6.07) is 4.22. The van der Waals surface area contributed by atoms with Crippen LogP contribution < -0.4 is 15.0 Å². The van der Waals surface area contributed by atoms with Gasteiger partial charge in [-0.1, -0.05) is 6.42 Å². The molecule has 132 valence electrons. The second kappa shape index (κ2) is 8.63. The lowest BCUT2D eigenvalue weighted by atomic mass is 10.1. The number of quaternary nitrogens is 1. The highest BCUT2D eigenvalue weighted by molar-refractivity contribution is 5.95. The number of nitro benzene ring substituents is 1. The number of methoxy groups -OCH3 is 1. The van der Waals surface area contributed by atoms with Gasteiger partial charge in [0.25, 0.3) is 11.6 Å². The van der Waals surface area contributed by atoms with Crippen molar-refractivity contribution in [3.05, 3.63) is 28.3 Å². The van der Waals surface area contributed by atoms with Crippen LogP contribution in [0.1, 0.15) is 39.0 Å². The topological polar surface area (TPSA) is 85.9 Å². The SMILES string of the molecule is COc1ccc(NC(=O)[C@H](C)[NH+]2CCCCCCC2)c([N+](=O)[O-])c1. The molecule has 1 aliphatic heterocycles. The molecule has 2 rings (SSSR count). The summed E-state index contributed by atoms with van der Waals surface area (Å²) < 4.78 is 5.01. The zero-order valence-electron chi connectivity index (χ0n) is 14.3. The maximum Gasteiger partial charge on any atom is 0.296 e. The second-order valence-electron chi connectivity index (χ2n) is 6.28. The van der Waals surface area contributed by atoms with E-state index in [-0.39, 0.29) is 23.3 Å². The zero-order chi connectivity index (χ0) is 17.5. The number of hydrogen-bond acceptors (Lipinski definition) is 4. The monoisotopic (exact) mass is 336 g/mol. The first-order valence-electron chi connectivity index (χ1n) is 8.51. The smallest absolute Gasteiger partial charge is 0.296 e. The molecule has 1 aliphatic rings. The van der Waals surface area contributed by atoms with Crippen molar-refractivity contribution in [3.8, 4) is 5.75 Å². The fourth-order valence-corrected chi connectivity index (χ4v) is 3.11. The van der Waals surface area contributed by atoms with E-state index in [2.05, 4.69) is 5.32 Å². The Morgan fingerprint density at radius 3 is 2.46 bits per heavy atom. The maximum atomic E-state index is 12.6. The molecule has 24 heavy (non-hydrogen) atoms. The van der Waals surface area contributed by atoms with Gasteiger partial charge in [0, 0.05) is 0 Å². The van der Waals surface area contributed by atoms with Gasteiger partial charge in [-0.2, -0.15) is 0 Å². The lowest BCUT2D eigenvalue weighted by molar-refractivity contribution is -0.914. The summed E-state index contributed by atoms with van der Waals surface area (Å²) in [6.45, 7) is 3.83. The molecule has 1 heterocycles. The summed E-state index contributed by atoms with van der Waals surface area (Å²) in [5.74, 6) is 0.209. The summed E-state index contributed by atoms with van der Waals surface area (Å²) in [4.78, 5) is 24.5.